The third-order valence-corrected chi connectivity index (χ3v) is 4.37. The topological polar surface area (TPSA) is 58.2 Å². The van der Waals surface area contributed by atoms with Crippen molar-refractivity contribution in [3.8, 4) is 0 Å². The lowest BCUT2D eigenvalue weighted by Gasteiger charge is -2.10. The normalized spacial score (nSPS) is 11.2. The molecule has 0 bridgehead atoms. The minimum Gasteiger partial charge on any atom is -0.385 e. The molecule has 0 aromatic heterocycles. The molecule has 4 nitrogen and oxygen atoms in total. The molecule has 0 spiro atoms. The minimum atomic E-state index is -3.72. The van der Waals surface area contributed by atoms with E-state index in [4.69, 9.17) is 0 Å². The monoisotopic (exact) mass is 308 g/mol. The molecule has 2 aromatic rings. The molecule has 6 heteroatoms. The third kappa shape index (κ3) is 3.72. The molecule has 2 aromatic carbocycles. The summed E-state index contributed by atoms with van der Waals surface area (Å²) in [4.78, 5) is 0.130. The lowest BCUT2D eigenvalue weighted by atomic mass is 10.2. The Balaban J connectivity index is 2.23. The average Bonchev–Trinajstić information content (AvgIpc) is 2.44. The second-order valence-electron chi connectivity index (χ2n) is 4.62. The smallest absolute Gasteiger partial charge is 0.261 e. The summed E-state index contributed by atoms with van der Waals surface area (Å²) in [5, 5.41) is 3.08. The molecule has 0 unspecified atom stereocenters. The van der Waals surface area contributed by atoms with Crippen LogP contribution >= 0.6 is 0 Å². The highest BCUT2D eigenvalue weighted by molar-refractivity contribution is 7.92. The van der Waals surface area contributed by atoms with Crippen molar-refractivity contribution < 1.29 is 12.8 Å². The van der Waals surface area contributed by atoms with Crippen molar-refractivity contribution in [2.24, 2.45) is 0 Å². The highest BCUT2D eigenvalue weighted by Crippen LogP contribution is 2.20. The van der Waals surface area contributed by atoms with E-state index in [9.17, 15) is 12.8 Å². The molecule has 0 aliphatic rings. The molecule has 112 valence electrons. The number of rotatable bonds is 5. The quantitative estimate of drug-likeness (QED) is 0.890. The van der Waals surface area contributed by atoms with Gasteiger partial charge in [-0.2, -0.15) is 0 Å². The SMILES string of the molecule is CCNc1ccc(S(=O)(=O)Nc2ccc(C)c(F)c2)cc1. The Hall–Kier alpha value is -2.08. The summed E-state index contributed by atoms with van der Waals surface area (Å²) in [6, 6.07) is 10.6. The van der Waals surface area contributed by atoms with Crippen LogP contribution in [0.4, 0.5) is 15.8 Å². The lowest BCUT2D eigenvalue weighted by Crippen LogP contribution is -2.13. The Morgan fingerprint density at radius 3 is 2.24 bits per heavy atom. The van der Waals surface area contributed by atoms with Crippen molar-refractivity contribution >= 4 is 21.4 Å². The summed E-state index contributed by atoms with van der Waals surface area (Å²) in [5.74, 6) is -0.447. The zero-order chi connectivity index (χ0) is 15.5. The Bertz CT molecular complexity index is 728. The van der Waals surface area contributed by atoms with Gasteiger partial charge in [0.05, 0.1) is 10.6 Å². The zero-order valence-electron chi connectivity index (χ0n) is 11.9. The van der Waals surface area contributed by atoms with Crippen LogP contribution in [0.1, 0.15) is 12.5 Å². The first kappa shape index (κ1) is 15.3. The van der Waals surface area contributed by atoms with Gasteiger partial charge in [-0.3, -0.25) is 4.72 Å². The van der Waals surface area contributed by atoms with Gasteiger partial charge in [0.15, 0.2) is 0 Å². The van der Waals surface area contributed by atoms with Crippen LogP contribution in [0, 0.1) is 12.7 Å². The zero-order valence-corrected chi connectivity index (χ0v) is 12.7. The van der Waals surface area contributed by atoms with E-state index in [0.29, 0.717) is 5.56 Å². The molecular formula is C15H17FN2O2S. The van der Waals surface area contributed by atoms with E-state index in [1.165, 1.54) is 30.3 Å². The molecular weight excluding hydrogens is 291 g/mol. The summed E-state index contributed by atoms with van der Waals surface area (Å²) < 4.78 is 40.2. The van der Waals surface area contributed by atoms with E-state index in [0.717, 1.165) is 12.2 Å². The molecule has 2 N–H and O–H groups in total. The number of nitrogens with one attached hydrogen (secondary N) is 2. The van der Waals surface area contributed by atoms with Gasteiger partial charge in [-0.25, -0.2) is 12.8 Å². The van der Waals surface area contributed by atoms with Crippen LogP contribution in [0.3, 0.4) is 0 Å². The summed E-state index contributed by atoms with van der Waals surface area (Å²) in [7, 11) is -3.72. The van der Waals surface area contributed by atoms with Crippen molar-refractivity contribution in [3.05, 3.63) is 53.8 Å². The second kappa shape index (κ2) is 6.13. The lowest BCUT2D eigenvalue weighted by molar-refractivity contribution is 0.601. The second-order valence-corrected chi connectivity index (χ2v) is 6.31. The molecule has 0 aliphatic carbocycles. The molecule has 0 amide bonds. The van der Waals surface area contributed by atoms with Crippen molar-refractivity contribution in [3.63, 3.8) is 0 Å². The molecule has 0 heterocycles. The first-order valence-electron chi connectivity index (χ1n) is 6.55. The van der Waals surface area contributed by atoms with Gasteiger partial charge in [0, 0.05) is 12.2 Å². The van der Waals surface area contributed by atoms with Crippen LogP contribution in [0.5, 0.6) is 0 Å². The van der Waals surface area contributed by atoms with Crippen molar-refractivity contribution in [2.75, 3.05) is 16.6 Å². The van der Waals surface area contributed by atoms with Gasteiger partial charge in [-0.1, -0.05) is 6.07 Å². The summed E-state index contributed by atoms with van der Waals surface area (Å²) >= 11 is 0. The third-order valence-electron chi connectivity index (χ3n) is 2.97. The standard InChI is InChI=1S/C15H17FN2O2S/c1-3-17-12-6-8-14(9-7-12)21(19,20)18-13-5-4-11(2)15(16)10-13/h4-10,17-18H,3H2,1-2H3. The molecule has 0 radical (unpaired) electrons. The summed E-state index contributed by atoms with van der Waals surface area (Å²) in [5.41, 5.74) is 1.51. The molecule has 0 saturated heterocycles. The molecule has 21 heavy (non-hydrogen) atoms. The van der Waals surface area contributed by atoms with Gasteiger partial charge < -0.3 is 5.32 Å². The fourth-order valence-corrected chi connectivity index (χ4v) is 2.88. The summed E-state index contributed by atoms with van der Waals surface area (Å²) in [6.07, 6.45) is 0. The number of sulfonamides is 1. The van der Waals surface area contributed by atoms with Gasteiger partial charge in [-0.15, -0.1) is 0 Å². The number of anilines is 2. The van der Waals surface area contributed by atoms with Crippen LogP contribution in [0.25, 0.3) is 0 Å². The van der Waals surface area contributed by atoms with Gasteiger partial charge in [0.1, 0.15) is 5.82 Å². The number of hydrogen-bond donors (Lipinski definition) is 2. The Kier molecular flexibility index (Phi) is 4.47. The van der Waals surface area contributed by atoms with E-state index < -0.39 is 15.8 Å². The Morgan fingerprint density at radius 2 is 1.67 bits per heavy atom. The van der Waals surface area contributed by atoms with Gasteiger partial charge in [-0.05, 0) is 55.8 Å². The van der Waals surface area contributed by atoms with E-state index in [2.05, 4.69) is 10.0 Å². The average molecular weight is 308 g/mol. The molecule has 0 atom stereocenters. The maximum atomic E-state index is 13.5. The summed E-state index contributed by atoms with van der Waals surface area (Å²) in [6.45, 7) is 4.33. The minimum absolute atomic E-state index is 0.130. The van der Waals surface area contributed by atoms with E-state index in [1.807, 2.05) is 6.92 Å². The highest BCUT2D eigenvalue weighted by atomic mass is 32.2. The van der Waals surface area contributed by atoms with Crippen LogP contribution in [-0.2, 0) is 10.0 Å². The number of halogens is 1. The Labute approximate surface area is 124 Å². The van der Waals surface area contributed by atoms with Crippen LogP contribution in [0.2, 0.25) is 0 Å². The van der Waals surface area contributed by atoms with Crippen LogP contribution in [0.15, 0.2) is 47.4 Å². The van der Waals surface area contributed by atoms with E-state index in [1.54, 1.807) is 19.1 Å². The maximum absolute atomic E-state index is 13.5. The van der Waals surface area contributed by atoms with Gasteiger partial charge in [0.25, 0.3) is 10.0 Å². The molecule has 2 rings (SSSR count). The number of hydrogen-bond acceptors (Lipinski definition) is 3. The Morgan fingerprint density at radius 1 is 1.05 bits per heavy atom. The maximum Gasteiger partial charge on any atom is 0.261 e. The van der Waals surface area contributed by atoms with Crippen molar-refractivity contribution in [2.45, 2.75) is 18.7 Å². The molecule has 0 fully saturated rings. The number of benzene rings is 2. The predicted molar refractivity (Wildman–Crippen MR) is 82.6 cm³/mol. The first-order valence-corrected chi connectivity index (χ1v) is 8.03. The van der Waals surface area contributed by atoms with Crippen molar-refractivity contribution in [1.29, 1.82) is 0 Å². The fraction of sp³-hybridized carbons (Fsp3) is 0.200. The van der Waals surface area contributed by atoms with E-state index >= 15 is 0 Å². The first-order chi connectivity index (χ1) is 9.92. The highest BCUT2D eigenvalue weighted by Gasteiger charge is 2.14. The fourth-order valence-electron chi connectivity index (χ4n) is 1.83. The van der Waals surface area contributed by atoms with Crippen LogP contribution in [-0.4, -0.2) is 15.0 Å². The number of aryl methyl sites for hydroxylation is 1. The van der Waals surface area contributed by atoms with Crippen LogP contribution < -0.4 is 10.0 Å². The van der Waals surface area contributed by atoms with Crippen molar-refractivity contribution in [1.82, 2.24) is 0 Å². The molecule has 0 aliphatic heterocycles. The van der Waals surface area contributed by atoms with Gasteiger partial charge >= 0.3 is 0 Å². The molecule has 0 saturated carbocycles. The predicted octanol–water partition coefficient (Wildman–Crippen LogP) is 3.37. The van der Waals surface area contributed by atoms with E-state index in [-0.39, 0.29) is 10.6 Å². The van der Waals surface area contributed by atoms with Gasteiger partial charge in [0.2, 0.25) is 0 Å². The largest absolute Gasteiger partial charge is 0.385 e.